The van der Waals surface area contributed by atoms with Crippen LogP contribution in [-0.4, -0.2) is 30.8 Å². The van der Waals surface area contributed by atoms with Crippen molar-refractivity contribution in [2.45, 2.75) is 51.2 Å². The summed E-state index contributed by atoms with van der Waals surface area (Å²) in [7, 11) is 0. The molecule has 0 saturated carbocycles. The average molecular weight is 474 g/mol. The van der Waals surface area contributed by atoms with Crippen LogP contribution < -0.4 is 10.9 Å². The van der Waals surface area contributed by atoms with Crippen molar-refractivity contribution in [3.63, 3.8) is 0 Å². The van der Waals surface area contributed by atoms with Gasteiger partial charge in [0.2, 0.25) is 11.7 Å². The SMILES string of the molecule is CCn1nc(SCC(=O)Nc2cccc(C)c2)n2c(=O)c3c(nc12)-c1ccccc1CC3(C)C. The number of hydrogen-bond acceptors (Lipinski definition) is 5. The van der Waals surface area contributed by atoms with Gasteiger partial charge in [-0.15, -0.1) is 5.10 Å². The molecule has 0 radical (unpaired) electrons. The molecule has 0 atom stereocenters. The van der Waals surface area contributed by atoms with Crippen LogP contribution >= 0.6 is 11.8 Å². The van der Waals surface area contributed by atoms with Crippen LogP contribution in [0, 0.1) is 6.92 Å². The summed E-state index contributed by atoms with van der Waals surface area (Å²) in [5, 5.41) is 8.03. The summed E-state index contributed by atoms with van der Waals surface area (Å²) in [5.41, 5.74) is 4.99. The Balaban J connectivity index is 1.55. The van der Waals surface area contributed by atoms with E-state index in [0.717, 1.165) is 28.9 Å². The lowest BCUT2D eigenvalue weighted by molar-refractivity contribution is -0.113. The smallest absolute Gasteiger partial charge is 0.265 e. The Morgan fingerprint density at radius 1 is 1.18 bits per heavy atom. The molecule has 1 aliphatic rings. The fourth-order valence-electron chi connectivity index (χ4n) is 4.68. The Morgan fingerprint density at radius 3 is 2.74 bits per heavy atom. The van der Waals surface area contributed by atoms with Crippen molar-refractivity contribution in [3.8, 4) is 11.3 Å². The number of nitrogens with one attached hydrogen (secondary N) is 1. The molecular formula is C26H27N5O2S. The van der Waals surface area contributed by atoms with Crippen molar-refractivity contribution in [1.29, 1.82) is 0 Å². The quantitative estimate of drug-likeness (QED) is 0.433. The van der Waals surface area contributed by atoms with E-state index in [9.17, 15) is 9.59 Å². The van der Waals surface area contributed by atoms with Crippen molar-refractivity contribution in [2.24, 2.45) is 0 Å². The Labute approximate surface area is 202 Å². The van der Waals surface area contributed by atoms with Gasteiger partial charge in [0.1, 0.15) is 0 Å². The molecule has 4 aromatic rings. The summed E-state index contributed by atoms with van der Waals surface area (Å²) in [6, 6.07) is 15.8. The summed E-state index contributed by atoms with van der Waals surface area (Å²) >= 11 is 1.25. The minimum atomic E-state index is -0.367. The first-order valence-corrected chi connectivity index (χ1v) is 12.4. The van der Waals surface area contributed by atoms with Gasteiger partial charge in [-0.05, 0) is 43.5 Å². The minimum Gasteiger partial charge on any atom is -0.325 e. The number of nitrogens with zero attached hydrogens (tertiary/aromatic N) is 4. The topological polar surface area (TPSA) is 81.3 Å². The number of aryl methyl sites for hydroxylation is 2. The molecule has 1 aliphatic carbocycles. The minimum absolute atomic E-state index is 0.110. The number of anilines is 1. The number of aromatic nitrogens is 4. The highest BCUT2D eigenvalue weighted by Crippen LogP contribution is 2.40. The van der Waals surface area contributed by atoms with Gasteiger partial charge >= 0.3 is 0 Å². The molecule has 8 heteroatoms. The summed E-state index contributed by atoms with van der Waals surface area (Å²) in [4.78, 5) is 31.4. The molecule has 7 nitrogen and oxygen atoms in total. The number of hydrogen-bond donors (Lipinski definition) is 1. The van der Waals surface area contributed by atoms with Crippen LogP contribution in [0.2, 0.25) is 0 Å². The molecule has 2 aromatic heterocycles. The maximum Gasteiger partial charge on any atom is 0.265 e. The Kier molecular flexibility index (Phi) is 5.56. The molecule has 0 bridgehead atoms. The number of fused-ring (bicyclic) bond motifs is 4. The first-order chi connectivity index (χ1) is 16.3. The molecule has 2 heterocycles. The van der Waals surface area contributed by atoms with Gasteiger partial charge in [-0.25, -0.2) is 14.1 Å². The van der Waals surface area contributed by atoms with E-state index in [4.69, 9.17) is 4.98 Å². The van der Waals surface area contributed by atoms with E-state index in [1.807, 2.05) is 56.3 Å². The van der Waals surface area contributed by atoms with Gasteiger partial charge in [0.15, 0.2) is 5.16 Å². The summed E-state index contributed by atoms with van der Waals surface area (Å²) in [5.74, 6) is 0.489. The Hall–Kier alpha value is -3.39. The number of benzene rings is 2. The zero-order valence-electron chi connectivity index (χ0n) is 19.8. The van der Waals surface area contributed by atoms with Gasteiger partial charge < -0.3 is 5.32 Å². The number of carbonyl (C=O) groups is 1. The molecule has 2 aromatic carbocycles. The summed E-state index contributed by atoms with van der Waals surface area (Å²) in [6.45, 7) is 8.69. The van der Waals surface area contributed by atoms with Crippen LogP contribution in [0.3, 0.4) is 0 Å². The highest BCUT2D eigenvalue weighted by Gasteiger charge is 2.36. The lowest BCUT2D eigenvalue weighted by Gasteiger charge is -2.32. The zero-order valence-corrected chi connectivity index (χ0v) is 20.6. The number of carbonyl (C=O) groups excluding carboxylic acids is 1. The first-order valence-electron chi connectivity index (χ1n) is 11.4. The molecule has 34 heavy (non-hydrogen) atoms. The van der Waals surface area contributed by atoms with E-state index in [1.165, 1.54) is 17.3 Å². The number of thioether (sulfide) groups is 1. The molecule has 1 N–H and O–H groups in total. The van der Waals surface area contributed by atoms with E-state index >= 15 is 0 Å². The van der Waals surface area contributed by atoms with Crippen LogP contribution in [0.4, 0.5) is 5.69 Å². The van der Waals surface area contributed by atoms with Gasteiger partial charge in [0, 0.05) is 23.2 Å². The monoisotopic (exact) mass is 473 g/mol. The molecule has 0 spiro atoms. The second-order valence-corrected chi connectivity index (χ2v) is 10.2. The van der Waals surface area contributed by atoms with Crippen molar-refractivity contribution in [2.75, 3.05) is 11.1 Å². The Morgan fingerprint density at radius 2 is 1.97 bits per heavy atom. The Bertz CT molecular complexity index is 1480. The first kappa shape index (κ1) is 22.4. The maximum absolute atomic E-state index is 13.9. The van der Waals surface area contributed by atoms with E-state index in [2.05, 4.69) is 30.3 Å². The molecule has 0 saturated heterocycles. The third-order valence-electron chi connectivity index (χ3n) is 6.21. The van der Waals surface area contributed by atoms with Crippen LogP contribution in [0.1, 0.15) is 37.5 Å². The largest absolute Gasteiger partial charge is 0.325 e. The molecule has 0 aliphatic heterocycles. The fourth-order valence-corrected chi connectivity index (χ4v) is 5.46. The van der Waals surface area contributed by atoms with Crippen LogP contribution in [0.25, 0.3) is 17.0 Å². The van der Waals surface area contributed by atoms with Gasteiger partial charge in [-0.1, -0.05) is 62.0 Å². The summed E-state index contributed by atoms with van der Waals surface area (Å²) in [6.07, 6.45) is 0.766. The second kappa shape index (κ2) is 8.43. The van der Waals surface area contributed by atoms with Crippen molar-refractivity contribution in [1.82, 2.24) is 19.2 Å². The average Bonchev–Trinajstić information content (AvgIpc) is 3.15. The fraction of sp³-hybridized carbons (Fsp3) is 0.308. The highest BCUT2D eigenvalue weighted by molar-refractivity contribution is 7.99. The van der Waals surface area contributed by atoms with Crippen LogP contribution in [0.5, 0.6) is 0 Å². The number of rotatable bonds is 5. The molecule has 0 unspecified atom stereocenters. The highest BCUT2D eigenvalue weighted by atomic mass is 32.2. The third-order valence-corrected chi connectivity index (χ3v) is 7.14. The number of amides is 1. The standard InChI is InChI=1S/C26H27N5O2S/c1-5-30-24-28-22-19-12-7-6-10-17(19)14-26(3,4)21(22)23(33)31(24)25(29-30)34-15-20(32)27-18-11-8-9-16(2)13-18/h6-13H,5,14-15H2,1-4H3,(H,27,32). The predicted octanol–water partition coefficient (Wildman–Crippen LogP) is 4.45. The molecule has 1 amide bonds. The molecule has 0 fully saturated rings. The van der Waals surface area contributed by atoms with Gasteiger partial charge in [0.25, 0.3) is 5.56 Å². The molecule has 5 rings (SSSR count). The van der Waals surface area contributed by atoms with E-state index < -0.39 is 0 Å². The molecular weight excluding hydrogens is 446 g/mol. The van der Waals surface area contributed by atoms with Crippen molar-refractivity contribution in [3.05, 3.63) is 75.6 Å². The lowest BCUT2D eigenvalue weighted by Crippen LogP contribution is -2.36. The molecule has 174 valence electrons. The van der Waals surface area contributed by atoms with Gasteiger partial charge in [-0.3, -0.25) is 9.59 Å². The second-order valence-electron chi connectivity index (χ2n) is 9.30. The van der Waals surface area contributed by atoms with Gasteiger partial charge in [0.05, 0.1) is 17.0 Å². The normalized spacial score (nSPS) is 14.0. The maximum atomic E-state index is 13.9. The van der Waals surface area contributed by atoms with Crippen molar-refractivity contribution >= 4 is 29.1 Å². The van der Waals surface area contributed by atoms with Crippen LogP contribution in [-0.2, 0) is 23.2 Å². The van der Waals surface area contributed by atoms with E-state index in [-0.39, 0.29) is 22.6 Å². The van der Waals surface area contributed by atoms with E-state index in [1.54, 1.807) is 9.08 Å². The lowest BCUT2D eigenvalue weighted by atomic mass is 9.72. The predicted molar refractivity (Wildman–Crippen MR) is 136 cm³/mol. The zero-order chi connectivity index (χ0) is 24.0. The third kappa shape index (κ3) is 3.81. The van der Waals surface area contributed by atoms with E-state index in [0.29, 0.717) is 23.0 Å². The summed E-state index contributed by atoms with van der Waals surface area (Å²) < 4.78 is 3.30. The van der Waals surface area contributed by atoms with Gasteiger partial charge in [-0.2, -0.15) is 0 Å². The van der Waals surface area contributed by atoms with Crippen molar-refractivity contribution < 1.29 is 4.79 Å². The van der Waals surface area contributed by atoms with Crippen LogP contribution in [0.15, 0.2) is 58.5 Å².